The second-order valence-corrected chi connectivity index (χ2v) is 3.72. The maximum Gasteiger partial charge on any atom is 0.305 e. The topological polar surface area (TPSA) is 90.2 Å². The third-order valence-corrected chi connectivity index (χ3v) is 2.46. The Morgan fingerprint density at radius 2 is 1.89 bits per heavy atom. The normalized spacial score (nSPS) is 9.95. The summed E-state index contributed by atoms with van der Waals surface area (Å²) in [5.74, 6) is 1.14. The molecule has 0 fully saturated rings. The molecule has 7 nitrogen and oxygen atoms in total. The molecule has 2 aromatic rings. The SMILES string of the molecule is COc1ccc(CNc2ncc([N+](=O)[O-])cn2)cc1. The Morgan fingerprint density at radius 1 is 1.26 bits per heavy atom. The van der Waals surface area contributed by atoms with Gasteiger partial charge in [0, 0.05) is 6.54 Å². The van der Waals surface area contributed by atoms with E-state index in [0.29, 0.717) is 12.5 Å². The van der Waals surface area contributed by atoms with Crippen LogP contribution in [0.15, 0.2) is 36.7 Å². The van der Waals surface area contributed by atoms with Crippen molar-refractivity contribution in [1.29, 1.82) is 0 Å². The van der Waals surface area contributed by atoms with Crippen molar-refractivity contribution in [3.05, 3.63) is 52.3 Å². The minimum Gasteiger partial charge on any atom is -0.497 e. The Labute approximate surface area is 109 Å². The number of methoxy groups -OCH3 is 1. The van der Waals surface area contributed by atoms with Crippen LogP contribution in [-0.4, -0.2) is 22.0 Å². The number of ether oxygens (including phenoxy) is 1. The van der Waals surface area contributed by atoms with E-state index < -0.39 is 4.92 Å². The molecule has 0 spiro atoms. The van der Waals surface area contributed by atoms with Crippen LogP contribution in [-0.2, 0) is 6.54 Å². The Balaban J connectivity index is 1.95. The lowest BCUT2D eigenvalue weighted by atomic mass is 10.2. The van der Waals surface area contributed by atoms with E-state index in [9.17, 15) is 10.1 Å². The fourth-order valence-corrected chi connectivity index (χ4v) is 1.43. The van der Waals surface area contributed by atoms with Gasteiger partial charge >= 0.3 is 5.69 Å². The predicted octanol–water partition coefficient (Wildman–Crippen LogP) is 2.01. The van der Waals surface area contributed by atoms with Crippen LogP contribution in [0.4, 0.5) is 11.6 Å². The summed E-state index contributed by atoms with van der Waals surface area (Å²) in [5.41, 5.74) is 0.901. The summed E-state index contributed by atoms with van der Waals surface area (Å²) >= 11 is 0. The fourth-order valence-electron chi connectivity index (χ4n) is 1.43. The highest BCUT2D eigenvalue weighted by molar-refractivity contribution is 5.33. The lowest BCUT2D eigenvalue weighted by Crippen LogP contribution is -2.03. The molecule has 1 heterocycles. The molecule has 0 saturated heterocycles. The van der Waals surface area contributed by atoms with Crippen LogP contribution >= 0.6 is 0 Å². The first-order valence-corrected chi connectivity index (χ1v) is 5.52. The number of hydrogen-bond donors (Lipinski definition) is 1. The van der Waals surface area contributed by atoms with Gasteiger partial charge in [0.15, 0.2) is 0 Å². The Bertz CT molecular complexity index is 554. The van der Waals surface area contributed by atoms with Crippen molar-refractivity contribution in [2.24, 2.45) is 0 Å². The Morgan fingerprint density at radius 3 is 2.42 bits per heavy atom. The van der Waals surface area contributed by atoms with Gasteiger partial charge in [0.25, 0.3) is 0 Å². The molecule has 1 aromatic carbocycles. The van der Waals surface area contributed by atoms with Crippen LogP contribution in [0, 0.1) is 10.1 Å². The molecule has 2 rings (SSSR count). The zero-order valence-electron chi connectivity index (χ0n) is 10.2. The number of rotatable bonds is 5. The first kappa shape index (κ1) is 12.7. The minimum absolute atomic E-state index is 0.130. The molecule has 0 aliphatic heterocycles. The van der Waals surface area contributed by atoms with Crippen LogP contribution in [0.3, 0.4) is 0 Å². The van der Waals surface area contributed by atoms with Gasteiger partial charge < -0.3 is 10.1 Å². The number of nitro groups is 1. The highest BCUT2D eigenvalue weighted by Crippen LogP contribution is 2.13. The van der Waals surface area contributed by atoms with E-state index in [2.05, 4.69) is 15.3 Å². The molecule has 0 atom stereocenters. The smallest absolute Gasteiger partial charge is 0.305 e. The second kappa shape index (κ2) is 5.76. The third kappa shape index (κ3) is 3.38. The summed E-state index contributed by atoms with van der Waals surface area (Å²) in [6.45, 7) is 0.530. The molecule has 1 aromatic heterocycles. The molecule has 0 bridgehead atoms. The molecule has 19 heavy (non-hydrogen) atoms. The number of nitrogens with one attached hydrogen (secondary N) is 1. The van der Waals surface area contributed by atoms with Crippen LogP contribution in [0.2, 0.25) is 0 Å². The Hall–Kier alpha value is -2.70. The maximum absolute atomic E-state index is 10.4. The number of hydrogen-bond acceptors (Lipinski definition) is 6. The minimum atomic E-state index is -0.534. The lowest BCUT2D eigenvalue weighted by molar-refractivity contribution is -0.385. The van der Waals surface area contributed by atoms with Crippen molar-refractivity contribution in [2.75, 3.05) is 12.4 Å². The summed E-state index contributed by atoms with van der Waals surface area (Å²) in [7, 11) is 1.61. The van der Waals surface area contributed by atoms with E-state index in [-0.39, 0.29) is 5.69 Å². The molecular weight excluding hydrogens is 248 g/mol. The van der Waals surface area contributed by atoms with Crippen molar-refractivity contribution < 1.29 is 9.66 Å². The van der Waals surface area contributed by atoms with E-state index in [1.807, 2.05) is 24.3 Å². The monoisotopic (exact) mass is 260 g/mol. The quantitative estimate of drug-likeness (QED) is 0.653. The molecule has 7 heteroatoms. The summed E-state index contributed by atoms with van der Waals surface area (Å²) < 4.78 is 5.06. The van der Waals surface area contributed by atoms with Gasteiger partial charge in [-0.3, -0.25) is 10.1 Å². The van der Waals surface area contributed by atoms with Crippen molar-refractivity contribution in [3.63, 3.8) is 0 Å². The molecule has 1 N–H and O–H groups in total. The highest BCUT2D eigenvalue weighted by Gasteiger charge is 2.06. The largest absolute Gasteiger partial charge is 0.497 e. The van der Waals surface area contributed by atoms with Gasteiger partial charge in [-0.15, -0.1) is 0 Å². The molecule has 0 unspecified atom stereocenters. The van der Waals surface area contributed by atoms with Crippen molar-refractivity contribution in [1.82, 2.24) is 9.97 Å². The van der Waals surface area contributed by atoms with Crippen molar-refractivity contribution in [3.8, 4) is 5.75 Å². The first-order chi connectivity index (χ1) is 9.19. The lowest BCUT2D eigenvalue weighted by Gasteiger charge is -2.05. The number of nitrogens with zero attached hydrogens (tertiary/aromatic N) is 3. The van der Waals surface area contributed by atoms with Crippen LogP contribution in [0.1, 0.15) is 5.56 Å². The van der Waals surface area contributed by atoms with E-state index in [1.54, 1.807) is 7.11 Å². The van der Waals surface area contributed by atoms with Crippen molar-refractivity contribution in [2.45, 2.75) is 6.54 Å². The number of anilines is 1. The maximum atomic E-state index is 10.4. The van der Waals surface area contributed by atoms with Gasteiger partial charge in [0.1, 0.15) is 18.1 Å². The van der Waals surface area contributed by atoms with Crippen LogP contribution < -0.4 is 10.1 Å². The molecule has 0 saturated carbocycles. The van der Waals surface area contributed by atoms with E-state index in [4.69, 9.17) is 4.74 Å². The Kier molecular flexibility index (Phi) is 3.87. The summed E-state index contributed by atoms with van der Waals surface area (Å²) in [4.78, 5) is 17.6. The van der Waals surface area contributed by atoms with Crippen LogP contribution in [0.25, 0.3) is 0 Å². The summed E-state index contributed by atoms with van der Waals surface area (Å²) in [5, 5.41) is 13.4. The third-order valence-electron chi connectivity index (χ3n) is 2.46. The van der Waals surface area contributed by atoms with E-state index in [0.717, 1.165) is 11.3 Å². The molecular formula is C12H12N4O3. The molecule has 0 radical (unpaired) electrons. The van der Waals surface area contributed by atoms with Gasteiger partial charge in [-0.25, -0.2) is 9.97 Å². The van der Waals surface area contributed by atoms with Gasteiger partial charge in [-0.05, 0) is 17.7 Å². The zero-order valence-corrected chi connectivity index (χ0v) is 10.2. The number of benzene rings is 1. The molecule has 0 aliphatic carbocycles. The summed E-state index contributed by atoms with van der Waals surface area (Å²) in [6, 6.07) is 7.54. The fraction of sp³-hybridized carbons (Fsp3) is 0.167. The zero-order chi connectivity index (χ0) is 13.7. The standard InChI is InChI=1S/C12H12N4O3/c1-19-11-4-2-9(3-5-11)6-13-12-14-7-10(8-15-12)16(17)18/h2-5,7-8H,6H2,1H3,(H,13,14,15). The van der Waals surface area contributed by atoms with Gasteiger partial charge in [0.2, 0.25) is 5.95 Å². The van der Waals surface area contributed by atoms with Gasteiger partial charge in [0.05, 0.1) is 12.0 Å². The second-order valence-electron chi connectivity index (χ2n) is 3.72. The molecule has 98 valence electrons. The summed E-state index contributed by atoms with van der Waals surface area (Å²) in [6.07, 6.45) is 2.34. The highest BCUT2D eigenvalue weighted by atomic mass is 16.6. The van der Waals surface area contributed by atoms with E-state index in [1.165, 1.54) is 12.4 Å². The molecule has 0 amide bonds. The predicted molar refractivity (Wildman–Crippen MR) is 69.0 cm³/mol. The van der Waals surface area contributed by atoms with Crippen LogP contribution in [0.5, 0.6) is 5.75 Å². The van der Waals surface area contributed by atoms with Crippen molar-refractivity contribution >= 4 is 11.6 Å². The van der Waals surface area contributed by atoms with Gasteiger partial charge in [-0.1, -0.05) is 12.1 Å². The molecule has 0 aliphatic rings. The van der Waals surface area contributed by atoms with Gasteiger partial charge in [-0.2, -0.15) is 0 Å². The average Bonchev–Trinajstić information content (AvgIpc) is 2.46. The van der Waals surface area contributed by atoms with E-state index >= 15 is 0 Å². The number of aromatic nitrogens is 2. The first-order valence-electron chi connectivity index (χ1n) is 5.52. The average molecular weight is 260 g/mol.